The second kappa shape index (κ2) is 8.78. The van der Waals surface area contributed by atoms with Gasteiger partial charge in [-0.05, 0) is 30.5 Å². The number of primary amides is 1. The number of nitrogens with two attached hydrogens (primary N) is 1. The highest BCUT2D eigenvalue weighted by Gasteiger charge is 2.35. The standard InChI is InChI=1S/C20H18N4O2S2/c1-12-17(19(26)24-13-6-3-2-4-7-13)18(15-8-5-9-27-15)14(10-21)20(23-12)28-11-16(22)25/h2-9,18,23H,11H2,1H3,(H2,22,25)(H,24,26). The first-order chi connectivity index (χ1) is 13.5. The highest BCUT2D eigenvalue weighted by atomic mass is 32.2. The van der Waals surface area contributed by atoms with Crippen molar-refractivity contribution in [2.75, 3.05) is 11.1 Å². The zero-order valence-corrected chi connectivity index (χ0v) is 16.7. The van der Waals surface area contributed by atoms with Gasteiger partial charge < -0.3 is 16.4 Å². The first-order valence-electron chi connectivity index (χ1n) is 8.44. The lowest BCUT2D eigenvalue weighted by Crippen LogP contribution is -2.30. The summed E-state index contributed by atoms with van der Waals surface area (Å²) in [4.78, 5) is 25.2. The topological polar surface area (TPSA) is 108 Å². The van der Waals surface area contributed by atoms with E-state index in [-0.39, 0.29) is 11.7 Å². The number of allylic oxidation sites excluding steroid dienone is 2. The van der Waals surface area contributed by atoms with Crippen molar-refractivity contribution in [1.82, 2.24) is 5.32 Å². The summed E-state index contributed by atoms with van der Waals surface area (Å²) >= 11 is 2.65. The van der Waals surface area contributed by atoms with Crippen LogP contribution in [-0.2, 0) is 9.59 Å². The number of carbonyl (C=O) groups is 2. The summed E-state index contributed by atoms with van der Waals surface area (Å²) in [6.07, 6.45) is 0. The minimum Gasteiger partial charge on any atom is -0.369 e. The Balaban J connectivity index is 2.01. The third kappa shape index (κ3) is 4.27. The molecule has 28 heavy (non-hydrogen) atoms. The number of nitriles is 1. The lowest BCUT2D eigenvalue weighted by molar-refractivity contribution is -0.115. The molecule has 1 atom stereocenters. The van der Waals surface area contributed by atoms with E-state index in [1.54, 1.807) is 19.1 Å². The van der Waals surface area contributed by atoms with Crippen LogP contribution < -0.4 is 16.4 Å². The van der Waals surface area contributed by atoms with Crippen LogP contribution in [0.4, 0.5) is 5.69 Å². The summed E-state index contributed by atoms with van der Waals surface area (Å²) < 4.78 is 0. The van der Waals surface area contributed by atoms with Gasteiger partial charge in [-0.15, -0.1) is 11.3 Å². The van der Waals surface area contributed by atoms with Gasteiger partial charge in [0, 0.05) is 21.8 Å². The normalized spacial score (nSPS) is 16.4. The molecule has 0 fully saturated rings. The molecule has 1 unspecified atom stereocenters. The van der Waals surface area contributed by atoms with E-state index in [1.165, 1.54) is 23.1 Å². The van der Waals surface area contributed by atoms with E-state index in [0.29, 0.717) is 27.6 Å². The molecule has 0 radical (unpaired) electrons. The predicted octanol–water partition coefficient (Wildman–Crippen LogP) is 3.30. The number of dihydropyridines is 1. The monoisotopic (exact) mass is 410 g/mol. The summed E-state index contributed by atoms with van der Waals surface area (Å²) in [6, 6.07) is 15.2. The SMILES string of the molecule is CC1=C(C(=O)Nc2ccccc2)C(c2cccs2)C(C#N)=C(SCC(N)=O)N1. The molecule has 0 saturated carbocycles. The second-order valence-electron chi connectivity index (χ2n) is 6.04. The fourth-order valence-electron chi connectivity index (χ4n) is 2.93. The maximum atomic E-state index is 13.1. The summed E-state index contributed by atoms with van der Waals surface area (Å²) in [5.41, 5.74) is 7.45. The van der Waals surface area contributed by atoms with Crippen molar-refractivity contribution >= 4 is 40.6 Å². The van der Waals surface area contributed by atoms with Crippen molar-refractivity contribution in [1.29, 1.82) is 5.26 Å². The smallest absolute Gasteiger partial charge is 0.254 e. The molecule has 3 rings (SSSR count). The number of carbonyl (C=O) groups excluding carboxylic acids is 2. The number of hydrogen-bond acceptors (Lipinski definition) is 6. The number of hydrogen-bond donors (Lipinski definition) is 3. The highest BCUT2D eigenvalue weighted by molar-refractivity contribution is 8.03. The predicted molar refractivity (Wildman–Crippen MR) is 112 cm³/mol. The zero-order chi connectivity index (χ0) is 20.1. The maximum absolute atomic E-state index is 13.1. The first kappa shape index (κ1) is 19.7. The number of amides is 2. The molecule has 0 saturated heterocycles. The number of thiophene rings is 1. The molecule has 6 nitrogen and oxygen atoms in total. The Morgan fingerprint density at radius 3 is 2.64 bits per heavy atom. The Morgan fingerprint density at radius 1 is 1.29 bits per heavy atom. The average Bonchev–Trinajstić information content (AvgIpc) is 3.20. The zero-order valence-electron chi connectivity index (χ0n) is 15.1. The average molecular weight is 411 g/mol. The van der Waals surface area contributed by atoms with Crippen LogP contribution in [0.5, 0.6) is 0 Å². The molecule has 142 valence electrons. The van der Waals surface area contributed by atoms with Gasteiger partial charge in [-0.1, -0.05) is 36.0 Å². The van der Waals surface area contributed by atoms with Crippen LogP contribution in [0, 0.1) is 11.3 Å². The Labute approximate surface area is 171 Å². The van der Waals surface area contributed by atoms with Gasteiger partial charge in [-0.25, -0.2) is 0 Å². The van der Waals surface area contributed by atoms with Crippen molar-refractivity contribution in [2.24, 2.45) is 5.73 Å². The maximum Gasteiger partial charge on any atom is 0.254 e. The molecule has 0 spiro atoms. The molecule has 2 amide bonds. The van der Waals surface area contributed by atoms with Crippen LogP contribution in [0.3, 0.4) is 0 Å². The lowest BCUT2D eigenvalue weighted by Gasteiger charge is -2.29. The molecular formula is C20H18N4O2S2. The number of benzene rings is 1. The number of para-hydroxylation sites is 1. The Bertz CT molecular complexity index is 989. The number of rotatable bonds is 6. The van der Waals surface area contributed by atoms with Crippen LogP contribution in [0.2, 0.25) is 0 Å². The van der Waals surface area contributed by atoms with E-state index >= 15 is 0 Å². The van der Waals surface area contributed by atoms with E-state index in [9.17, 15) is 14.9 Å². The molecule has 2 heterocycles. The molecule has 8 heteroatoms. The van der Waals surface area contributed by atoms with E-state index < -0.39 is 11.8 Å². The number of anilines is 1. The lowest BCUT2D eigenvalue weighted by atomic mass is 9.86. The van der Waals surface area contributed by atoms with Crippen LogP contribution in [0.15, 0.2) is 69.7 Å². The Morgan fingerprint density at radius 2 is 2.04 bits per heavy atom. The fourth-order valence-corrected chi connectivity index (χ4v) is 4.60. The second-order valence-corrected chi connectivity index (χ2v) is 8.01. The van der Waals surface area contributed by atoms with Gasteiger partial charge in [0.1, 0.15) is 0 Å². The summed E-state index contributed by atoms with van der Waals surface area (Å²) in [7, 11) is 0. The van der Waals surface area contributed by atoms with Gasteiger partial charge in [-0.3, -0.25) is 9.59 Å². The number of nitrogens with zero attached hydrogens (tertiary/aromatic N) is 1. The molecule has 4 N–H and O–H groups in total. The summed E-state index contributed by atoms with van der Waals surface area (Å²) in [6.45, 7) is 1.79. The summed E-state index contributed by atoms with van der Waals surface area (Å²) in [5.74, 6) is -1.21. The van der Waals surface area contributed by atoms with E-state index in [0.717, 1.165) is 4.88 Å². The van der Waals surface area contributed by atoms with Crippen molar-refractivity contribution in [3.63, 3.8) is 0 Å². The Hall–Kier alpha value is -3.02. The van der Waals surface area contributed by atoms with Crippen LogP contribution in [-0.4, -0.2) is 17.6 Å². The van der Waals surface area contributed by atoms with Crippen molar-refractivity contribution in [2.45, 2.75) is 12.8 Å². The van der Waals surface area contributed by atoms with Crippen LogP contribution in [0.25, 0.3) is 0 Å². The molecule has 2 aromatic rings. The van der Waals surface area contributed by atoms with Crippen molar-refractivity contribution < 1.29 is 9.59 Å². The fraction of sp³-hybridized carbons (Fsp3) is 0.150. The molecule has 0 bridgehead atoms. The quantitative estimate of drug-likeness (QED) is 0.677. The third-order valence-electron chi connectivity index (χ3n) is 4.11. The number of thioether (sulfide) groups is 1. The van der Waals surface area contributed by atoms with E-state index in [1.807, 2.05) is 35.7 Å². The molecule has 0 aliphatic carbocycles. The summed E-state index contributed by atoms with van der Waals surface area (Å²) in [5, 5.41) is 18.3. The molecule has 1 aromatic carbocycles. The molecule has 1 aliphatic heterocycles. The van der Waals surface area contributed by atoms with Crippen LogP contribution >= 0.6 is 23.1 Å². The third-order valence-corrected chi connectivity index (χ3v) is 6.09. The minimum absolute atomic E-state index is 0.0451. The van der Waals surface area contributed by atoms with E-state index in [4.69, 9.17) is 5.73 Å². The van der Waals surface area contributed by atoms with Gasteiger partial charge in [0.15, 0.2) is 0 Å². The highest BCUT2D eigenvalue weighted by Crippen LogP contribution is 2.42. The van der Waals surface area contributed by atoms with Gasteiger partial charge in [-0.2, -0.15) is 5.26 Å². The molecule has 1 aromatic heterocycles. The van der Waals surface area contributed by atoms with Crippen molar-refractivity contribution in [3.8, 4) is 6.07 Å². The molecular weight excluding hydrogens is 392 g/mol. The van der Waals surface area contributed by atoms with Gasteiger partial charge in [0.2, 0.25) is 5.91 Å². The van der Waals surface area contributed by atoms with Gasteiger partial charge in [0.25, 0.3) is 5.91 Å². The largest absolute Gasteiger partial charge is 0.369 e. The van der Waals surface area contributed by atoms with Gasteiger partial charge >= 0.3 is 0 Å². The minimum atomic E-state index is -0.509. The van der Waals surface area contributed by atoms with Gasteiger partial charge in [0.05, 0.1) is 28.3 Å². The van der Waals surface area contributed by atoms with Crippen molar-refractivity contribution in [3.05, 3.63) is 74.6 Å². The van der Waals surface area contributed by atoms with Crippen LogP contribution in [0.1, 0.15) is 17.7 Å². The Kier molecular flexibility index (Phi) is 6.19. The first-order valence-corrected chi connectivity index (χ1v) is 10.3. The van der Waals surface area contributed by atoms with E-state index in [2.05, 4.69) is 16.7 Å². The number of nitrogens with one attached hydrogen (secondary N) is 2. The molecule has 1 aliphatic rings.